The monoisotopic (exact) mass is 210 g/mol. The topological polar surface area (TPSA) is 37.3 Å². The maximum absolute atomic E-state index is 10.7. The molecule has 0 aliphatic heterocycles. The van der Waals surface area contributed by atoms with Gasteiger partial charge in [0.25, 0.3) is 0 Å². The van der Waals surface area contributed by atoms with Crippen molar-refractivity contribution in [2.24, 2.45) is 0 Å². The predicted octanol–water partition coefficient (Wildman–Crippen LogP) is 2.73. The van der Waals surface area contributed by atoms with E-state index in [9.17, 15) is 4.79 Å². The van der Waals surface area contributed by atoms with E-state index in [1.165, 1.54) is 0 Å². The first-order valence-electron chi connectivity index (χ1n) is 4.58. The molecule has 0 fully saturated rings. The van der Waals surface area contributed by atoms with E-state index in [-0.39, 0.29) is 6.42 Å². The third-order valence-electron chi connectivity index (χ3n) is 2.00. The molecule has 0 saturated heterocycles. The molecule has 1 aromatic carbocycles. The second-order valence-corrected chi connectivity index (χ2v) is 4.36. The molecule has 0 unspecified atom stereocenters. The van der Waals surface area contributed by atoms with Crippen LogP contribution in [0.1, 0.15) is 18.1 Å². The number of carbonyl (C=O) groups is 1. The molecular formula is C11H14O2S. The molecule has 1 aromatic rings. The Morgan fingerprint density at radius 1 is 1.50 bits per heavy atom. The van der Waals surface area contributed by atoms with E-state index in [1.54, 1.807) is 11.8 Å². The van der Waals surface area contributed by atoms with Crippen molar-refractivity contribution in [3.63, 3.8) is 0 Å². The number of rotatable bonds is 4. The highest BCUT2D eigenvalue weighted by Gasteiger charge is 2.08. The van der Waals surface area contributed by atoms with Crippen LogP contribution in [0.4, 0.5) is 0 Å². The van der Waals surface area contributed by atoms with Gasteiger partial charge in [0.1, 0.15) is 0 Å². The fraction of sp³-hybridized carbons (Fsp3) is 0.364. The van der Waals surface area contributed by atoms with Gasteiger partial charge in [-0.3, -0.25) is 4.79 Å². The van der Waals surface area contributed by atoms with Crippen LogP contribution in [-0.2, 0) is 11.2 Å². The zero-order chi connectivity index (χ0) is 10.6. The summed E-state index contributed by atoms with van der Waals surface area (Å²) in [5, 5.41) is 8.77. The van der Waals surface area contributed by atoms with Gasteiger partial charge in [0.05, 0.1) is 6.42 Å². The fourth-order valence-electron chi connectivity index (χ4n) is 1.34. The minimum absolute atomic E-state index is 0.120. The molecule has 3 heteroatoms. The minimum Gasteiger partial charge on any atom is -0.481 e. The summed E-state index contributed by atoms with van der Waals surface area (Å²) in [5.74, 6) is 0.202. The summed E-state index contributed by atoms with van der Waals surface area (Å²) in [5.41, 5.74) is 2.01. The largest absolute Gasteiger partial charge is 0.481 e. The lowest BCUT2D eigenvalue weighted by Crippen LogP contribution is -2.03. The van der Waals surface area contributed by atoms with Crippen LogP contribution in [-0.4, -0.2) is 16.8 Å². The Hall–Kier alpha value is -0.960. The van der Waals surface area contributed by atoms with Crippen LogP contribution in [0.25, 0.3) is 0 Å². The van der Waals surface area contributed by atoms with Gasteiger partial charge in [-0.25, -0.2) is 0 Å². The van der Waals surface area contributed by atoms with E-state index in [0.717, 1.165) is 21.8 Å². The van der Waals surface area contributed by atoms with Crippen molar-refractivity contribution in [2.75, 3.05) is 5.75 Å². The average molecular weight is 210 g/mol. The number of aliphatic carboxylic acids is 1. The molecule has 0 spiro atoms. The van der Waals surface area contributed by atoms with Gasteiger partial charge in [0.15, 0.2) is 0 Å². The number of hydrogen-bond acceptors (Lipinski definition) is 2. The molecule has 0 amide bonds. The SMILES string of the molecule is CCSc1cccc(C)c1CC(=O)O. The van der Waals surface area contributed by atoms with Crippen molar-refractivity contribution in [3.8, 4) is 0 Å². The number of benzene rings is 1. The minimum atomic E-state index is -0.766. The van der Waals surface area contributed by atoms with Crippen LogP contribution in [0.5, 0.6) is 0 Å². The second-order valence-electron chi connectivity index (χ2n) is 3.06. The molecule has 1 N–H and O–H groups in total. The van der Waals surface area contributed by atoms with E-state index in [2.05, 4.69) is 6.92 Å². The molecule has 0 saturated carbocycles. The molecule has 2 nitrogen and oxygen atoms in total. The number of hydrogen-bond donors (Lipinski definition) is 1. The number of thioether (sulfide) groups is 1. The van der Waals surface area contributed by atoms with Gasteiger partial charge < -0.3 is 5.11 Å². The molecule has 14 heavy (non-hydrogen) atoms. The Bertz CT molecular complexity index is 334. The van der Waals surface area contributed by atoms with Crippen molar-refractivity contribution < 1.29 is 9.90 Å². The maximum atomic E-state index is 10.7. The smallest absolute Gasteiger partial charge is 0.307 e. The van der Waals surface area contributed by atoms with Gasteiger partial charge in [-0.05, 0) is 29.9 Å². The Balaban J connectivity index is 3.02. The van der Waals surface area contributed by atoms with Gasteiger partial charge in [0, 0.05) is 4.90 Å². The van der Waals surface area contributed by atoms with Crippen LogP contribution < -0.4 is 0 Å². The summed E-state index contributed by atoms with van der Waals surface area (Å²) < 4.78 is 0. The Morgan fingerprint density at radius 3 is 2.79 bits per heavy atom. The fourth-order valence-corrected chi connectivity index (χ4v) is 2.24. The number of carboxylic acid groups (broad SMARTS) is 1. The normalized spacial score (nSPS) is 10.1. The summed E-state index contributed by atoms with van der Waals surface area (Å²) in [4.78, 5) is 11.8. The van der Waals surface area contributed by atoms with Gasteiger partial charge >= 0.3 is 5.97 Å². The molecule has 0 aliphatic carbocycles. The Labute approximate surface area is 88.3 Å². The van der Waals surface area contributed by atoms with Crippen LogP contribution in [0, 0.1) is 6.92 Å². The van der Waals surface area contributed by atoms with E-state index < -0.39 is 5.97 Å². The average Bonchev–Trinajstić information content (AvgIpc) is 2.11. The molecule has 0 aliphatic rings. The summed E-state index contributed by atoms with van der Waals surface area (Å²) in [6.45, 7) is 4.02. The summed E-state index contributed by atoms with van der Waals surface area (Å²) in [6, 6.07) is 5.91. The molecule has 1 rings (SSSR count). The van der Waals surface area contributed by atoms with Crippen molar-refractivity contribution in [1.29, 1.82) is 0 Å². The van der Waals surface area contributed by atoms with Gasteiger partial charge in [0.2, 0.25) is 0 Å². The molecule has 0 atom stereocenters. The van der Waals surface area contributed by atoms with Crippen molar-refractivity contribution in [1.82, 2.24) is 0 Å². The molecular weight excluding hydrogens is 196 g/mol. The van der Waals surface area contributed by atoms with E-state index in [4.69, 9.17) is 5.11 Å². The van der Waals surface area contributed by atoms with E-state index in [0.29, 0.717) is 0 Å². The Morgan fingerprint density at radius 2 is 2.21 bits per heavy atom. The van der Waals surface area contributed by atoms with Crippen LogP contribution >= 0.6 is 11.8 Å². The number of aryl methyl sites for hydroxylation is 1. The third kappa shape index (κ3) is 2.77. The third-order valence-corrected chi connectivity index (χ3v) is 2.98. The molecule has 0 aromatic heterocycles. The number of carboxylic acids is 1. The predicted molar refractivity (Wildman–Crippen MR) is 58.9 cm³/mol. The summed E-state index contributed by atoms with van der Waals surface area (Å²) in [7, 11) is 0. The van der Waals surface area contributed by atoms with Crippen molar-refractivity contribution in [3.05, 3.63) is 29.3 Å². The standard InChI is InChI=1S/C11H14O2S/c1-3-14-10-6-4-5-8(2)9(10)7-11(12)13/h4-6H,3,7H2,1-2H3,(H,12,13). The van der Waals surface area contributed by atoms with Crippen molar-refractivity contribution in [2.45, 2.75) is 25.2 Å². The highest BCUT2D eigenvalue weighted by atomic mass is 32.2. The van der Waals surface area contributed by atoms with Gasteiger partial charge in [-0.15, -0.1) is 11.8 Å². The lowest BCUT2D eigenvalue weighted by molar-refractivity contribution is -0.136. The molecule has 76 valence electrons. The van der Waals surface area contributed by atoms with Crippen LogP contribution in [0.2, 0.25) is 0 Å². The molecule has 0 bridgehead atoms. The first kappa shape index (κ1) is 11.1. The van der Waals surface area contributed by atoms with Crippen molar-refractivity contribution >= 4 is 17.7 Å². The second kappa shape index (κ2) is 5.05. The maximum Gasteiger partial charge on any atom is 0.307 e. The van der Waals surface area contributed by atoms with E-state index >= 15 is 0 Å². The zero-order valence-electron chi connectivity index (χ0n) is 8.41. The molecule has 0 heterocycles. The molecule has 0 radical (unpaired) electrons. The van der Waals surface area contributed by atoms with Crippen LogP contribution in [0.15, 0.2) is 23.1 Å². The van der Waals surface area contributed by atoms with Gasteiger partial charge in [-0.2, -0.15) is 0 Å². The zero-order valence-corrected chi connectivity index (χ0v) is 9.23. The Kier molecular flexibility index (Phi) is 4.01. The summed E-state index contributed by atoms with van der Waals surface area (Å²) in [6.07, 6.45) is 0.120. The highest BCUT2D eigenvalue weighted by molar-refractivity contribution is 7.99. The summed E-state index contributed by atoms with van der Waals surface area (Å²) >= 11 is 1.69. The van der Waals surface area contributed by atoms with Crippen LogP contribution in [0.3, 0.4) is 0 Å². The van der Waals surface area contributed by atoms with Gasteiger partial charge in [-0.1, -0.05) is 19.1 Å². The highest BCUT2D eigenvalue weighted by Crippen LogP contribution is 2.25. The first-order chi connectivity index (χ1) is 6.65. The van der Waals surface area contributed by atoms with E-state index in [1.807, 2.05) is 25.1 Å². The first-order valence-corrected chi connectivity index (χ1v) is 5.56. The quantitative estimate of drug-likeness (QED) is 0.776. The lowest BCUT2D eigenvalue weighted by Gasteiger charge is -2.09. The lowest BCUT2D eigenvalue weighted by atomic mass is 10.1.